The van der Waals surface area contributed by atoms with Gasteiger partial charge < -0.3 is 24.3 Å². The molecule has 1 aliphatic rings. The first-order valence-corrected chi connectivity index (χ1v) is 15.6. The normalized spacial score (nSPS) is 21.9. The Kier molecular flexibility index (Phi) is 11.8. The molecule has 1 fully saturated rings. The zero-order chi connectivity index (χ0) is 33.8. The summed E-state index contributed by atoms with van der Waals surface area (Å²) in [6, 6.07) is 2.35. The predicted octanol–water partition coefficient (Wildman–Crippen LogP) is 4.64. The molecular formula is C32H50N2O9S. The number of carbonyl (C=O) groups is 5. The molecule has 2 rings (SSSR count). The van der Waals surface area contributed by atoms with E-state index in [4.69, 9.17) is 18.9 Å². The molecular weight excluding hydrogens is 588 g/mol. The smallest absolute Gasteiger partial charge is 0.311 e. The third-order valence-electron chi connectivity index (χ3n) is 6.63. The minimum absolute atomic E-state index is 0.212. The number of esters is 3. The molecule has 0 aromatic carbocycles. The summed E-state index contributed by atoms with van der Waals surface area (Å²) < 4.78 is 23.8. The number of nitrogens with one attached hydrogen (secondary N) is 1. The first kappa shape index (κ1) is 37.2. The highest BCUT2D eigenvalue weighted by atomic mass is 32.1. The SMILES string of the molecule is CC(C)(C)NC(=O)[C@@H](c1cccs1)N(C=O)[C@H]1OC[C@@H](OC(=O)C(C)(C)C)[C@@H](COC(=O)C(C)(C)C)[C@@H]1OC(=O)C(C)(C)C. The summed E-state index contributed by atoms with van der Waals surface area (Å²) in [5, 5.41) is 4.71. The van der Waals surface area contributed by atoms with Crippen LogP contribution in [0.3, 0.4) is 0 Å². The van der Waals surface area contributed by atoms with E-state index in [2.05, 4.69) is 5.32 Å². The molecule has 0 spiro atoms. The lowest BCUT2D eigenvalue weighted by molar-refractivity contribution is -0.242. The zero-order valence-electron chi connectivity index (χ0n) is 28.1. The Bertz CT molecular complexity index is 1170. The van der Waals surface area contributed by atoms with Crippen LogP contribution in [0.5, 0.6) is 0 Å². The molecule has 2 amide bonds. The topological polar surface area (TPSA) is 138 Å². The van der Waals surface area contributed by atoms with Crippen molar-refractivity contribution in [2.45, 2.75) is 113 Å². The van der Waals surface area contributed by atoms with Gasteiger partial charge >= 0.3 is 17.9 Å². The van der Waals surface area contributed by atoms with Gasteiger partial charge in [-0.15, -0.1) is 11.3 Å². The fourth-order valence-corrected chi connectivity index (χ4v) is 4.96. The molecule has 2 heterocycles. The Balaban J connectivity index is 2.68. The van der Waals surface area contributed by atoms with E-state index in [1.165, 1.54) is 16.2 Å². The number of thiophene rings is 1. The summed E-state index contributed by atoms with van der Waals surface area (Å²) in [5.41, 5.74) is -3.30. The lowest BCUT2D eigenvalue weighted by Gasteiger charge is -2.46. The van der Waals surface area contributed by atoms with E-state index in [0.29, 0.717) is 11.3 Å². The molecule has 5 atom stereocenters. The summed E-state index contributed by atoms with van der Waals surface area (Å²) in [7, 11) is 0. The fraction of sp³-hybridized carbons (Fsp3) is 0.719. The number of hydrogen-bond donors (Lipinski definition) is 1. The van der Waals surface area contributed by atoms with Crippen LogP contribution in [0.1, 0.15) is 94.0 Å². The van der Waals surface area contributed by atoms with Crippen LogP contribution in [0.15, 0.2) is 17.5 Å². The van der Waals surface area contributed by atoms with E-state index < -0.39 is 76.0 Å². The van der Waals surface area contributed by atoms with Gasteiger partial charge in [0.15, 0.2) is 12.3 Å². The van der Waals surface area contributed by atoms with Crippen molar-refractivity contribution in [2.24, 2.45) is 22.2 Å². The molecule has 0 aliphatic carbocycles. The van der Waals surface area contributed by atoms with Crippen molar-refractivity contribution in [1.82, 2.24) is 10.2 Å². The molecule has 1 aliphatic heterocycles. The van der Waals surface area contributed by atoms with E-state index in [9.17, 15) is 24.0 Å². The van der Waals surface area contributed by atoms with Gasteiger partial charge in [0.25, 0.3) is 0 Å². The van der Waals surface area contributed by atoms with E-state index in [1.807, 2.05) is 20.8 Å². The highest BCUT2D eigenvalue weighted by Crippen LogP contribution is 2.36. The van der Waals surface area contributed by atoms with Crippen molar-refractivity contribution in [2.75, 3.05) is 13.2 Å². The van der Waals surface area contributed by atoms with Gasteiger partial charge in [0.1, 0.15) is 18.8 Å². The van der Waals surface area contributed by atoms with Gasteiger partial charge in [-0.1, -0.05) is 6.07 Å². The van der Waals surface area contributed by atoms with Gasteiger partial charge in [0.2, 0.25) is 12.3 Å². The van der Waals surface area contributed by atoms with Crippen molar-refractivity contribution in [3.8, 4) is 0 Å². The van der Waals surface area contributed by atoms with Crippen LogP contribution in [0.2, 0.25) is 0 Å². The Morgan fingerprint density at radius 1 is 0.932 bits per heavy atom. The monoisotopic (exact) mass is 638 g/mol. The van der Waals surface area contributed by atoms with Crippen molar-refractivity contribution in [3.63, 3.8) is 0 Å². The van der Waals surface area contributed by atoms with Gasteiger partial charge in [0, 0.05) is 10.4 Å². The maximum absolute atomic E-state index is 13.7. The predicted molar refractivity (Wildman–Crippen MR) is 165 cm³/mol. The van der Waals surface area contributed by atoms with Crippen molar-refractivity contribution >= 4 is 41.6 Å². The van der Waals surface area contributed by atoms with Gasteiger partial charge in [-0.05, 0) is 94.5 Å². The number of amides is 2. The third-order valence-corrected chi connectivity index (χ3v) is 7.56. The number of ether oxygens (including phenoxy) is 4. The standard InChI is InChI=1S/C32H50N2O9S/c1-29(2,3)26(37)41-16-19-20(42-27(38)30(4,5)6)17-40-25(23(19)43-28(39)31(7,8)9)34(18-35)22(21-14-13-15-44-21)24(36)33-32(10,11)12/h13-15,18-20,22-23,25H,16-17H2,1-12H3,(H,33,36)/t19-,20-,22-,23+,25+/m1/s1. The van der Waals surface area contributed by atoms with Crippen LogP contribution in [0.4, 0.5) is 0 Å². The van der Waals surface area contributed by atoms with Crippen molar-refractivity contribution < 1.29 is 42.9 Å². The van der Waals surface area contributed by atoms with E-state index in [1.54, 1.807) is 79.8 Å². The Morgan fingerprint density at radius 3 is 1.93 bits per heavy atom. The average molecular weight is 639 g/mol. The minimum atomic E-state index is -1.29. The first-order valence-electron chi connectivity index (χ1n) is 14.8. The van der Waals surface area contributed by atoms with Gasteiger partial charge in [-0.2, -0.15) is 0 Å². The maximum atomic E-state index is 13.7. The molecule has 0 saturated carbocycles. The number of carbonyl (C=O) groups excluding carboxylic acids is 5. The highest BCUT2D eigenvalue weighted by Gasteiger charge is 2.51. The van der Waals surface area contributed by atoms with Gasteiger partial charge in [-0.25, -0.2) is 0 Å². The molecule has 248 valence electrons. The summed E-state index contributed by atoms with van der Waals surface area (Å²) in [4.78, 5) is 67.6. The summed E-state index contributed by atoms with van der Waals surface area (Å²) in [6.07, 6.45) is -3.09. The summed E-state index contributed by atoms with van der Waals surface area (Å²) >= 11 is 1.28. The number of nitrogens with zero attached hydrogens (tertiary/aromatic N) is 1. The van der Waals surface area contributed by atoms with E-state index in [0.717, 1.165) is 0 Å². The number of hydrogen-bond acceptors (Lipinski definition) is 10. The lowest BCUT2D eigenvalue weighted by Crippen LogP contribution is -2.62. The van der Waals surface area contributed by atoms with E-state index >= 15 is 0 Å². The minimum Gasteiger partial charge on any atom is -0.465 e. The highest BCUT2D eigenvalue weighted by molar-refractivity contribution is 7.10. The molecule has 1 N–H and O–H groups in total. The molecule has 0 unspecified atom stereocenters. The van der Waals surface area contributed by atoms with E-state index in [-0.39, 0.29) is 13.2 Å². The molecule has 1 aromatic heterocycles. The van der Waals surface area contributed by atoms with Crippen LogP contribution in [-0.4, -0.2) is 72.3 Å². The second-order valence-electron chi connectivity index (χ2n) is 15.3. The average Bonchev–Trinajstić information content (AvgIpc) is 3.38. The molecule has 0 bridgehead atoms. The molecule has 1 aromatic rings. The fourth-order valence-electron chi connectivity index (χ4n) is 4.13. The molecule has 11 nitrogen and oxygen atoms in total. The Morgan fingerprint density at radius 2 is 1.48 bits per heavy atom. The first-order chi connectivity index (χ1) is 20.0. The molecule has 44 heavy (non-hydrogen) atoms. The summed E-state index contributed by atoms with van der Waals surface area (Å²) in [6.45, 7) is 20.1. The maximum Gasteiger partial charge on any atom is 0.311 e. The van der Waals surface area contributed by atoms with Gasteiger partial charge in [0.05, 0.1) is 28.8 Å². The summed E-state index contributed by atoms with van der Waals surface area (Å²) in [5.74, 6) is -3.08. The van der Waals surface area contributed by atoms with Gasteiger partial charge in [-0.3, -0.25) is 28.9 Å². The third kappa shape index (κ3) is 10.0. The molecule has 1 saturated heterocycles. The Hall–Kier alpha value is -2.99. The largest absolute Gasteiger partial charge is 0.465 e. The van der Waals surface area contributed by atoms with Crippen LogP contribution in [0, 0.1) is 22.2 Å². The molecule has 0 radical (unpaired) electrons. The van der Waals surface area contributed by atoms with Crippen LogP contribution >= 0.6 is 11.3 Å². The zero-order valence-corrected chi connectivity index (χ0v) is 29.0. The van der Waals surface area contributed by atoms with Crippen LogP contribution in [0.25, 0.3) is 0 Å². The van der Waals surface area contributed by atoms with Crippen LogP contribution < -0.4 is 5.32 Å². The van der Waals surface area contributed by atoms with Crippen molar-refractivity contribution in [3.05, 3.63) is 22.4 Å². The quantitative estimate of drug-likeness (QED) is 0.233. The molecule has 12 heteroatoms. The second-order valence-corrected chi connectivity index (χ2v) is 16.2. The Labute approximate surface area is 265 Å². The number of rotatable bonds is 9. The van der Waals surface area contributed by atoms with Crippen LogP contribution in [-0.2, 0) is 42.9 Å². The second kappa shape index (κ2) is 14.0. The van der Waals surface area contributed by atoms with Crippen molar-refractivity contribution in [1.29, 1.82) is 0 Å². The lowest BCUT2D eigenvalue weighted by atomic mass is 9.89.